The minimum absolute atomic E-state index is 0.215. The number of aromatic nitrogens is 5. The third-order valence-corrected chi connectivity index (χ3v) is 11.7. The van der Waals surface area contributed by atoms with Gasteiger partial charge in [0, 0.05) is 32.8 Å². The molecule has 0 amide bonds. The molecule has 0 unspecified atom stereocenters. The number of nitrogens with zero attached hydrogens (tertiary/aromatic N) is 5. The zero-order chi connectivity index (χ0) is 39.6. The summed E-state index contributed by atoms with van der Waals surface area (Å²) < 4.78 is 6.17. The molecule has 1 aliphatic rings. The number of pyridine rings is 1. The predicted molar refractivity (Wildman–Crippen MR) is 246 cm³/mol. The van der Waals surface area contributed by atoms with Crippen molar-refractivity contribution in [2.45, 2.75) is 12.8 Å². The molecular weight excluding hydrogens is 723 g/mol. The second-order valence-electron chi connectivity index (χ2n) is 14.9. The lowest BCUT2D eigenvalue weighted by atomic mass is 9.97. The summed E-state index contributed by atoms with van der Waals surface area (Å²) in [7, 11) is 0. The van der Waals surface area contributed by atoms with Gasteiger partial charge in [0.05, 0.1) is 38.8 Å². The maximum atomic E-state index is 14.5. The molecule has 6 heteroatoms. The second-order valence-corrected chi connectivity index (χ2v) is 14.9. The van der Waals surface area contributed by atoms with E-state index in [-0.39, 0.29) is 5.56 Å². The van der Waals surface area contributed by atoms with Gasteiger partial charge in [0.25, 0.3) is 5.56 Å². The summed E-state index contributed by atoms with van der Waals surface area (Å²) in [6.45, 7) is 8.20. The molecule has 0 saturated heterocycles. The Bertz CT molecular complexity index is 3490. The molecule has 0 saturated carbocycles. The van der Waals surface area contributed by atoms with Crippen molar-refractivity contribution in [2.75, 3.05) is 0 Å². The minimum atomic E-state index is -0.215. The largest absolute Gasteiger partial charge is 0.309 e. The minimum Gasteiger partial charge on any atom is -0.309 e. The number of rotatable bonds is 7. The fourth-order valence-electron chi connectivity index (χ4n) is 9.01. The van der Waals surface area contributed by atoms with Gasteiger partial charge in [-0.05, 0) is 95.8 Å². The van der Waals surface area contributed by atoms with E-state index in [1.807, 2.05) is 30.3 Å². The molecule has 280 valence electrons. The maximum Gasteiger partial charge on any atom is 0.264 e. The van der Waals surface area contributed by atoms with Crippen LogP contribution < -0.4 is 5.56 Å². The summed E-state index contributed by atoms with van der Waals surface area (Å²) in [6, 6.07) is 50.7. The zero-order valence-electron chi connectivity index (χ0n) is 32.2. The topological polar surface area (TPSA) is 57.6 Å². The molecule has 0 fully saturated rings. The monoisotopic (exact) mass is 759 g/mol. The zero-order valence-corrected chi connectivity index (χ0v) is 32.2. The van der Waals surface area contributed by atoms with E-state index in [4.69, 9.17) is 9.97 Å². The summed E-state index contributed by atoms with van der Waals surface area (Å²) in [5.41, 5.74) is 11.5. The molecule has 0 spiro atoms. The Morgan fingerprint density at radius 3 is 1.66 bits per heavy atom. The number of benzene rings is 6. The lowest BCUT2D eigenvalue weighted by Crippen LogP contribution is -2.24. The normalized spacial score (nSPS) is 12.8. The highest BCUT2D eigenvalue weighted by Crippen LogP contribution is 2.39. The first-order valence-corrected chi connectivity index (χ1v) is 19.9. The molecule has 11 rings (SSSR count). The quantitative estimate of drug-likeness (QED) is 0.163. The molecule has 4 aromatic heterocycles. The van der Waals surface area contributed by atoms with Crippen molar-refractivity contribution in [3.8, 4) is 28.5 Å². The number of allylic oxidation sites excluding steroid dienone is 4. The smallest absolute Gasteiger partial charge is 0.264 e. The molecule has 0 aliphatic heterocycles. The van der Waals surface area contributed by atoms with E-state index in [2.05, 4.69) is 156 Å². The lowest BCUT2D eigenvalue weighted by Gasteiger charge is -2.19. The van der Waals surface area contributed by atoms with E-state index in [9.17, 15) is 4.79 Å². The summed E-state index contributed by atoms with van der Waals surface area (Å²) >= 11 is 0. The van der Waals surface area contributed by atoms with Gasteiger partial charge in [0.15, 0.2) is 5.65 Å². The van der Waals surface area contributed by atoms with Crippen molar-refractivity contribution < 1.29 is 0 Å². The van der Waals surface area contributed by atoms with E-state index < -0.39 is 0 Å². The Balaban J connectivity index is 1.17. The molecule has 6 nitrogen and oxygen atoms in total. The average Bonchev–Trinajstić information content (AvgIpc) is 3.81. The predicted octanol–water partition coefficient (Wildman–Crippen LogP) is 12.7. The molecule has 59 heavy (non-hydrogen) atoms. The summed E-state index contributed by atoms with van der Waals surface area (Å²) in [6.07, 6.45) is 11.7. The number of hydrogen-bond donors (Lipinski definition) is 0. The Hall–Kier alpha value is -7.83. The van der Waals surface area contributed by atoms with Crippen LogP contribution in [0.4, 0.5) is 0 Å². The van der Waals surface area contributed by atoms with E-state index in [1.54, 1.807) is 16.7 Å². The number of fused-ring (bicyclic) bond motifs is 7. The first-order chi connectivity index (χ1) is 29.1. The lowest BCUT2D eigenvalue weighted by molar-refractivity contribution is 0.947. The van der Waals surface area contributed by atoms with Crippen molar-refractivity contribution in [3.63, 3.8) is 0 Å². The third-order valence-electron chi connectivity index (χ3n) is 11.7. The fraction of sp³-hybridized carbons (Fsp3) is 0.0377. The Morgan fingerprint density at radius 1 is 0.525 bits per heavy atom. The molecule has 0 atom stereocenters. The van der Waals surface area contributed by atoms with E-state index >= 15 is 0 Å². The van der Waals surface area contributed by atoms with Gasteiger partial charge in [-0.1, -0.05) is 128 Å². The van der Waals surface area contributed by atoms with Crippen LogP contribution in [0.2, 0.25) is 0 Å². The standard InChI is InChI=1S/C53H37N5O/c1-3-39-40(4-2)52(59)57(38-22-12-7-13-23-38)51-49(39)50(34-18-8-5-9-19-34)54-53(55-51)58-46-27-17-15-25-42(46)44-33-36(29-31-48(44)58)35-28-30-47-43(32-35)41-24-14-16-26-45(41)56(47)37-20-10-6-11-21-37/h3-4,6-8,10-33H,1-2,5,9H2. The molecule has 0 bridgehead atoms. The van der Waals surface area contributed by atoms with Gasteiger partial charge < -0.3 is 4.57 Å². The molecule has 10 aromatic rings. The van der Waals surface area contributed by atoms with Crippen LogP contribution in [0.3, 0.4) is 0 Å². The van der Waals surface area contributed by atoms with Gasteiger partial charge in [-0.25, -0.2) is 4.98 Å². The highest BCUT2D eigenvalue weighted by molar-refractivity contribution is 6.13. The Kier molecular flexibility index (Phi) is 7.98. The molecule has 0 radical (unpaired) electrons. The first-order valence-electron chi connectivity index (χ1n) is 19.9. The first kappa shape index (κ1) is 34.4. The van der Waals surface area contributed by atoms with Crippen molar-refractivity contribution in [2.24, 2.45) is 0 Å². The molecule has 0 N–H and O–H groups in total. The molecule has 4 heterocycles. The molecular formula is C53H37N5O. The fourth-order valence-corrected chi connectivity index (χ4v) is 9.01. The highest BCUT2D eigenvalue weighted by atomic mass is 16.1. The van der Waals surface area contributed by atoms with Crippen molar-refractivity contribution >= 4 is 72.4 Å². The summed E-state index contributed by atoms with van der Waals surface area (Å²) in [5, 5.41) is 5.35. The van der Waals surface area contributed by atoms with E-state index in [0.29, 0.717) is 28.4 Å². The SMILES string of the molecule is C=Cc1c(C=C)c2c(C3=CCCC=C3)nc(-n3c4ccccc4c4cc(-c5ccc6c(c5)c5ccccc5n6-c5ccccc5)ccc43)nc2n(-c2ccccc2)c1=O. The second kappa shape index (κ2) is 13.7. The molecule has 1 aliphatic carbocycles. The highest BCUT2D eigenvalue weighted by Gasteiger charge is 2.24. The van der Waals surface area contributed by atoms with Gasteiger partial charge in [0.2, 0.25) is 5.95 Å². The maximum absolute atomic E-state index is 14.5. The average molecular weight is 760 g/mol. The van der Waals surface area contributed by atoms with Gasteiger partial charge in [-0.3, -0.25) is 13.9 Å². The van der Waals surface area contributed by atoms with Gasteiger partial charge in [-0.15, -0.1) is 0 Å². The Labute approximate surface area is 340 Å². The summed E-state index contributed by atoms with van der Waals surface area (Å²) in [4.78, 5) is 25.2. The van der Waals surface area contributed by atoms with Gasteiger partial charge >= 0.3 is 0 Å². The number of para-hydroxylation sites is 4. The Morgan fingerprint density at radius 2 is 1.07 bits per heavy atom. The van der Waals surface area contributed by atoms with Crippen molar-refractivity contribution in [3.05, 3.63) is 204 Å². The van der Waals surface area contributed by atoms with Crippen LogP contribution in [0.5, 0.6) is 0 Å². The van der Waals surface area contributed by atoms with Crippen LogP contribution >= 0.6 is 0 Å². The van der Waals surface area contributed by atoms with Crippen LogP contribution in [0.15, 0.2) is 182 Å². The van der Waals surface area contributed by atoms with Crippen LogP contribution in [0.1, 0.15) is 29.7 Å². The van der Waals surface area contributed by atoms with Crippen LogP contribution in [0, 0.1) is 0 Å². The van der Waals surface area contributed by atoms with Gasteiger partial charge in [0.1, 0.15) is 0 Å². The van der Waals surface area contributed by atoms with E-state index in [1.165, 1.54) is 21.8 Å². The number of hydrogen-bond acceptors (Lipinski definition) is 3. The summed E-state index contributed by atoms with van der Waals surface area (Å²) in [5.74, 6) is 0.479. The van der Waals surface area contributed by atoms with Gasteiger partial charge in [-0.2, -0.15) is 4.98 Å². The van der Waals surface area contributed by atoms with E-state index in [0.717, 1.165) is 68.1 Å². The van der Waals surface area contributed by atoms with Crippen LogP contribution in [0.25, 0.3) is 101 Å². The molecule has 6 aromatic carbocycles. The third kappa shape index (κ3) is 5.30. The van der Waals surface area contributed by atoms with Crippen LogP contribution in [-0.2, 0) is 0 Å². The van der Waals surface area contributed by atoms with Crippen molar-refractivity contribution in [1.82, 2.24) is 23.7 Å². The van der Waals surface area contributed by atoms with Crippen molar-refractivity contribution in [1.29, 1.82) is 0 Å². The van der Waals surface area contributed by atoms with Crippen LogP contribution in [-0.4, -0.2) is 23.7 Å².